The molecule has 3 nitrogen and oxygen atoms in total. The van der Waals surface area contributed by atoms with E-state index in [2.05, 4.69) is 208 Å². The van der Waals surface area contributed by atoms with Gasteiger partial charge in [0.15, 0.2) is 25.0 Å². The molecule has 0 saturated carbocycles. The summed E-state index contributed by atoms with van der Waals surface area (Å²) in [5.74, 6) is 0. The van der Waals surface area contributed by atoms with Gasteiger partial charge in [0, 0.05) is 47.5 Å². The Hall–Kier alpha value is -6.84. The summed E-state index contributed by atoms with van der Waals surface area (Å²) in [6, 6.07) is 64.8. The second-order valence-corrected chi connectivity index (χ2v) is 14.6. The van der Waals surface area contributed by atoms with Crippen LogP contribution < -0.4 is 14.0 Å². The maximum atomic E-state index is 2.58. The van der Waals surface area contributed by atoms with Crippen LogP contribution in [0.3, 0.4) is 0 Å². The first-order valence-electron chi connectivity index (χ1n) is 18.9. The van der Waals surface area contributed by atoms with Gasteiger partial charge in [-0.15, -0.1) is 0 Å². The van der Waals surface area contributed by atoms with Gasteiger partial charge in [0.2, 0.25) is 11.4 Å². The molecule has 0 spiro atoms. The molecule has 0 fully saturated rings. The number of benzene rings is 6. The van der Waals surface area contributed by atoms with Gasteiger partial charge in [-0.25, -0.2) is 0 Å². The molecule has 3 aliphatic rings. The highest BCUT2D eigenvalue weighted by molar-refractivity contribution is 5.98. The zero-order valence-electron chi connectivity index (χ0n) is 29.8. The average molecular weight is 692 g/mol. The summed E-state index contributed by atoms with van der Waals surface area (Å²) >= 11 is 0. The minimum Gasteiger partial charge on any atom is -0.310 e. The van der Waals surface area contributed by atoms with Crippen molar-refractivity contribution >= 4 is 22.6 Å². The molecule has 3 heteroatoms. The van der Waals surface area contributed by atoms with E-state index in [1.165, 1.54) is 84.0 Å². The Morgan fingerprint density at radius 3 is 1.70 bits per heavy atom. The highest BCUT2D eigenvalue weighted by Crippen LogP contribution is 2.52. The smallest absolute Gasteiger partial charge is 0.213 e. The first kappa shape index (κ1) is 30.8. The predicted molar refractivity (Wildman–Crippen MR) is 219 cm³/mol. The lowest BCUT2D eigenvalue weighted by atomic mass is 9.86. The lowest BCUT2D eigenvalue weighted by Gasteiger charge is -2.33. The summed E-state index contributed by atoms with van der Waals surface area (Å²) in [7, 11) is 0. The van der Waals surface area contributed by atoms with Crippen molar-refractivity contribution in [2.75, 3.05) is 4.90 Å². The number of allylic oxidation sites excluding steroid dienone is 2. The van der Waals surface area contributed by atoms with E-state index in [0.29, 0.717) is 0 Å². The van der Waals surface area contributed by atoms with Gasteiger partial charge < -0.3 is 4.90 Å². The minimum atomic E-state index is 0.158. The van der Waals surface area contributed by atoms with Crippen molar-refractivity contribution in [3.05, 3.63) is 206 Å². The molecular formula is C51H37N3+2. The summed E-state index contributed by atoms with van der Waals surface area (Å²) in [4.78, 5) is 2.58. The Balaban J connectivity index is 1.28. The second-order valence-electron chi connectivity index (χ2n) is 14.6. The maximum absolute atomic E-state index is 2.58. The van der Waals surface area contributed by atoms with Gasteiger partial charge in [0.05, 0.1) is 22.5 Å². The van der Waals surface area contributed by atoms with Crippen molar-refractivity contribution in [2.24, 2.45) is 0 Å². The van der Waals surface area contributed by atoms with Gasteiger partial charge in [-0.2, -0.15) is 9.13 Å². The number of anilines is 3. The molecule has 8 aromatic rings. The van der Waals surface area contributed by atoms with Crippen LogP contribution in [0, 0.1) is 0 Å². The Morgan fingerprint density at radius 2 is 1.02 bits per heavy atom. The SMILES string of the molecule is C1=C2\C[n+]3ccccc3-c3cc(-c4ccccc4)cc(c32)N(c2ccc(-c3ccccc3)cc2)c2cc(-c3ccccc3)cc3c2CC/1[n+]1ccccc1-3. The monoisotopic (exact) mass is 691 g/mol. The molecule has 0 amide bonds. The summed E-state index contributed by atoms with van der Waals surface area (Å²) in [6.07, 6.45) is 7.97. The van der Waals surface area contributed by atoms with Crippen molar-refractivity contribution in [1.29, 1.82) is 0 Å². The predicted octanol–water partition coefficient (Wildman–Crippen LogP) is 11.6. The topological polar surface area (TPSA) is 11.0 Å². The molecule has 6 aromatic carbocycles. The molecule has 0 saturated heterocycles. The molecule has 2 aromatic heterocycles. The largest absolute Gasteiger partial charge is 0.310 e. The fraction of sp³-hybridized carbons (Fsp3) is 0.0588. The zero-order valence-corrected chi connectivity index (χ0v) is 29.8. The van der Waals surface area contributed by atoms with Crippen molar-refractivity contribution < 1.29 is 9.13 Å². The summed E-state index contributed by atoms with van der Waals surface area (Å²) in [5.41, 5.74) is 19.9. The standard InChI is InChI=1S/C51H37N3/c1-4-14-35(15-5-1)38-22-24-42(25-23-38)54-49-31-39(36-16-6-2-7-17-36)29-44-45(49)33-43(53-27-13-11-21-48(44)53)28-41-34-52-26-12-10-20-47(52)46-30-40(32-50(54)51(41)46)37-18-8-3-9-19-37/h1-32,43H,33-34H2/q+2/b41-28+. The van der Waals surface area contributed by atoms with Gasteiger partial charge in [-0.3, -0.25) is 0 Å². The molecule has 0 radical (unpaired) electrons. The highest BCUT2D eigenvalue weighted by Gasteiger charge is 2.39. The third kappa shape index (κ3) is 4.97. The van der Waals surface area contributed by atoms with Crippen LogP contribution in [-0.4, -0.2) is 0 Å². The fourth-order valence-corrected chi connectivity index (χ4v) is 8.99. The summed E-state index contributed by atoms with van der Waals surface area (Å²) in [6.45, 7) is 0.805. The van der Waals surface area contributed by atoms with Crippen LogP contribution in [0.2, 0.25) is 0 Å². The molecule has 1 unspecified atom stereocenters. The average Bonchev–Trinajstić information content (AvgIpc) is 3.30. The number of hydrogen-bond donors (Lipinski definition) is 0. The third-order valence-electron chi connectivity index (χ3n) is 11.5. The molecule has 11 rings (SSSR count). The summed E-state index contributed by atoms with van der Waals surface area (Å²) in [5, 5.41) is 0. The summed E-state index contributed by atoms with van der Waals surface area (Å²) < 4.78 is 4.93. The Morgan fingerprint density at radius 1 is 0.463 bits per heavy atom. The molecule has 0 N–H and O–H groups in total. The first-order valence-corrected chi connectivity index (χ1v) is 18.9. The van der Waals surface area contributed by atoms with Crippen LogP contribution in [0.1, 0.15) is 17.2 Å². The number of nitrogens with zero attached hydrogens (tertiary/aromatic N) is 3. The number of rotatable bonds is 4. The second kappa shape index (κ2) is 12.4. The van der Waals surface area contributed by atoms with E-state index >= 15 is 0 Å². The molecule has 254 valence electrons. The molecular weight excluding hydrogens is 655 g/mol. The van der Waals surface area contributed by atoms with E-state index in [1.807, 2.05) is 0 Å². The van der Waals surface area contributed by atoms with Gasteiger partial charge in [0.1, 0.15) is 0 Å². The van der Waals surface area contributed by atoms with Crippen LogP contribution in [0.15, 0.2) is 194 Å². The van der Waals surface area contributed by atoms with E-state index in [1.54, 1.807) is 0 Å². The zero-order chi connectivity index (χ0) is 35.6. The molecule has 2 bridgehead atoms. The van der Waals surface area contributed by atoms with E-state index in [0.717, 1.165) is 18.7 Å². The van der Waals surface area contributed by atoms with Crippen LogP contribution in [0.5, 0.6) is 0 Å². The van der Waals surface area contributed by atoms with Crippen molar-refractivity contribution in [3.8, 4) is 55.9 Å². The van der Waals surface area contributed by atoms with Crippen LogP contribution in [0.25, 0.3) is 61.5 Å². The normalized spacial score (nSPS) is 15.7. The van der Waals surface area contributed by atoms with E-state index in [-0.39, 0.29) is 6.04 Å². The number of hydrogen-bond acceptors (Lipinski definition) is 1. The van der Waals surface area contributed by atoms with Gasteiger partial charge >= 0.3 is 0 Å². The molecule has 0 aliphatic carbocycles. The van der Waals surface area contributed by atoms with Gasteiger partial charge in [0.25, 0.3) is 0 Å². The Kier molecular flexibility index (Phi) is 7.06. The maximum Gasteiger partial charge on any atom is 0.213 e. The number of fused-ring (bicyclic) bond motifs is 6. The van der Waals surface area contributed by atoms with E-state index in [9.17, 15) is 0 Å². The van der Waals surface area contributed by atoms with Crippen molar-refractivity contribution in [2.45, 2.75) is 19.0 Å². The van der Waals surface area contributed by atoms with E-state index in [4.69, 9.17) is 0 Å². The lowest BCUT2D eigenvalue weighted by molar-refractivity contribution is -0.703. The molecule has 1 atom stereocenters. The third-order valence-corrected chi connectivity index (χ3v) is 11.5. The van der Waals surface area contributed by atoms with Gasteiger partial charge in [-0.1, -0.05) is 103 Å². The van der Waals surface area contributed by atoms with Crippen LogP contribution >= 0.6 is 0 Å². The Bertz CT molecular complexity index is 2750. The molecule has 54 heavy (non-hydrogen) atoms. The van der Waals surface area contributed by atoms with E-state index < -0.39 is 0 Å². The van der Waals surface area contributed by atoms with Crippen molar-refractivity contribution in [3.63, 3.8) is 0 Å². The number of pyridine rings is 2. The Labute approximate surface area is 316 Å². The quantitative estimate of drug-likeness (QED) is 0.167. The van der Waals surface area contributed by atoms with Crippen molar-refractivity contribution in [1.82, 2.24) is 0 Å². The van der Waals surface area contributed by atoms with Crippen LogP contribution in [-0.2, 0) is 13.0 Å². The minimum absolute atomic E-state index is 0.158. The van der Waals surface area contributed by atoms with Crippen LogP contribution in [0.4, 0.5) is 17.1 Å². The first-order chi connectivity index (χ1) is 26.8. The molecule has 3 aliphatic heterocycles. The van der Waals surface area contributed by atoms with Gasteiger partial charge in [-0.05, 0) is 93.6 Å². The highest BCUT2D eigenvalue weighted by atomic mass is 15.2. The number of aromatic nitrogens is 2. The lowest BCUT2D eigenvalue weighted by Crippen LogP contribution is -2.45. The molecule has 5 heterocycles. The fourth-order valence-electron chi connectivity index (χ4n) is 8.99.